The molecule has 0 saturated carbocycles. The van der Waals surface area contributed by atoms with Crippen molar-refractivity contribution in [1.29, 1.82) is 5.26 Å². The zero-order chi connectivity index (χ0) is 30.9. The van der Waals surface area contributed by atoms with Gasteiger partial charge >= 0.3 is 0 Å². The maximum absolute atomic E-state index is 12.0. The van der Waals surface area contributed by atoms with Gasteiger partial charge in [-0.1, -0.05) is 109 Å². The third-order valence-corrected chi connectivity index (χ3v) is 8.30. The number of rotatable bonds is 10. The van der Waals surface area contributed by atoms with E-state index in [0.717, 1.165) is 33.4 Å². The summed E-state index contributed by atoms with van der Waals surface area (Å²) >= 11 is 0. The molecule has 226 valence electrons. The van der Waals surface area contributed by atoms with Crippen LogP contribution in [0.3, 0.4) is 0 Å². The monoisotopic (exact) mass is 590 g/mol. The normalized spacial score (nSPS) is 20.2. The third kappa shape index (κ3) is 7.33. The van der Waals surface area contributed by atoms with Gasteiger partial charge < -0.3 is 30.2 Å². The highest BCUT2D eigenvalue weighted by atomic mass is 16.3. The maximum atomic E-state index is 12.0. The van der Waals surface area contributed by atoms with Crippen molar-refractivity contribution >= 4 is 5.96 Å². The van der Waals surface area contributed by atoms with Gasteiger partial charge in [-0.2, -0.15) is 5.26 Å². The second-order valence-corrected chi connectivity index (χ2v) is 11.2. The quantitative estimate of drug-likeness (QED) is 0.207. The molecule has 1 aliphatic rings. The lowest BCUT2D eigenvalue weighted by atomic mass is 9.91. The van der Waals surface area contributed by atoms with Crippen LogP contribution < -0.4 is 0 Å². The molecule has 0 radical (unpaired) electrons. The summed E-state index contributed by atoms with van der Waals surface area (Å²) < 4.78 is 0. The first-order chi connectivity index (χ1) is 21.5. The fraction of sp³-hybridized carbons (Fsp3) is 0.278. The van der Waals surface area contributed by atoms with Gasteiger partial charge in [0.15, 0.2) is 0 Å². The lowest BCUT2D eigenvalue weighted by molar-refractivity contribution is -0.0408. The van der Waals surface area contributed by atoms with Crippen molar-refractivity contribution < 1.29 is 20.4 Å². The van der Waals surface area contributed by atoms with Crippen LogP contribution in [0.15, 0.2) is 114 Å². The van der Waals surface area contributed by atoms with Crippen LogP contribution in [0.4, 0.5) is 0 Å². The summed E-state index contributed by atoms with van der Waals surface area (Å²) in [6.07, 6.45) is 0.482. The van der Waals surface area contributed by atoms with Crippen LogP contribution in [0.25, 0.3) is 0 Å². The number of aliphatic hydroxyl groups excluding tert-OH is 4. The molecule has 0 bridgehead atoms. The van der Waals surface area contributed by atoms with Crippen LogP contribution in [0.1, 0.15) is 33.4 Å². The smallest absolute Gasteiger partial charge is 0.213 e. The fourth-order valence-electron chi connectivity index (χ4n) is 5.90. The van der Waals surface area contributed by atoms with Gasteiger partial charge in [-0.3, -0.25) is 0 Å². The molecule has 4 aromatic carbocycles. The predicted octanol–water partition coefficient (Wildman–Crippen LogP) is 3.77. The van der Waals surface area contributed by atoms with E-state index in [-0.39, 0.29) is 13.2 Å². The second-order valence-electron chi connectivity index (χ2n) is 11.2. The van der Waals surface area contributed by atoms with Crippen molar-refractivity contribution in [2.24, 2.45) is 4.99 Å². The van der Waals surface area contributed by atoms with Gasteiger partial charge in [0.25, 0.3) is 0 Å². The molecule has 0 amide bonds. The van der Waals surface area contributed by atoms with Gasteiger partial charge in [0.05, 0.1) is 25.3 Å². The van der Waals surface area contributed by atoms with E-state index in [1.807, 2.05) is 125 Å². The molecular weight excluding hydrogens is 552 g/mol. The molecule has 4 unspecified atom stereocenters. The number of nitriles is 1. The SMILES string of the molecule is N#CN=C1N(Cc2ccc(CO)cc2)C(Cc2ccccc2)C(O)C(O)C(Cc2ccccc2)N1Cc1ccc(CO)cc1. The number of guanidine groups is 1. The van der Waals surface area contributed by atoms with Crippen LogP contribution in [0.5, 0.6) is 0 Å². The molecule has 1 fully saturated rings. The zero-order valence-electron chi connectivity index (χ0n) is 24.5. The third-order valence-electron chi connectivity index (χ3n) is 8.30. The average molecular weight is 591 g/mol. The Bertz CT molecular complexity index is 1430. The van der Waals surface area contributed by atoms with Gasteiger partial charge in [0.1, 0.15) is 12.2 Å². The molecule has 1 aliphatic heterocycles. The highest BCUT2D eigenvalue weighted by Crippen LogP contribution is 2.30. The van der Waals surface area contributed by atoms with Gasteiger partial charge in [-0.25, -0.2) is 0 Å². The summed E-state index contributed by atoms with van der Waals surface area (Å²) in [5, 5.41) is 53.1. The first-order valence-corrected chi connectivity index (χ1v) is 14.8. The number of aliphatic hydroxyl groups is 4. The molecule has 44 heavy (non-hydrogen) atoms. The van der Waals surface area contributed by atoms with E-state index in [4.69, 9.17) is 0 Å². The molecule has 1 saturated heterocycles. The Morgan fingerprint density at radius 2 is 0.909 bits per heavy atom. The minimum Gasteiger partial charge on any atom is -0.392 e. The summed E-state index contributed by atoms with van der Waals surface area (Å²) in [4.78, 5) is 8.26. The van der Waals surface area contributed by atoms with E-state index < -0.39 is 24.3 Å². The van der Waals surface area contributed by atoms with E-state index in [2.05, 4.69) is 4.99 Å². The number of nitrogens with zero attached hydrogens (tertiary/aromatic N) is 4. The molecule has 1 heterocycles. The summed E-state index contributed by atoms with van der Waals surface area (Å²) in [7, 11) is 0. The number of hydrogen-bond acceptors (Lipinski definition) is 6. The van der Waals surface area contributed by atoms with E-state index in [1.165, 1.54) is 0 Å². The highest BCUT2D eigenvalue weighted by molar-refractivity contribution is 5.82. The molecule has 4 N–H and O–H groups in total. The van der Waals surface area contributed by atoms with E-state index in [1.54, 1.807) is 0 Å². The molecule has 8 heteroatoms. The van der Waals surface area contributed by atoms with Crippen LogP contribution in [-0.2, 0) is 39.1 Å². The highest BCUT2D eigenvalue weighted by Gasteiger charge is 2.45. The molecule has 5 rings (SSSR count). The largest absolute Gasteiger partial charge is 0.392 e. The first-order valence-electron chi connectivity index (χ1n) is 14.8. The van der Waals surface area contributed by atoms with Gasteiger partial charge in [0, 0.05) is 13.1 Å². The number of hydrogen-bond donors (Lipinski definition) is 4. The Kier molecular flexibility index (Phi) is 10.4. The minimum absolute atomic E-state index is 0.0727. The van der Waals surface area contributed by atoms with Crippen LogP contribution in [0, 0.1) is 11.5 Å². The summed E-state index contributed by atoms with van der Waals surface area (Å²) in [5.74, 6) is 0.363. The Morgan fingerprint density at radius 3 is 1.25 bits per heavy atom. The van der Waals surface area contributed by atoms with E-state index in [0.29, 0.717) is 31.9 Å². The summed E-state index contributed by atoms with van der Waals surface area (Å²) in [6, 6.07) is 33.4. The summed E-state index contributed by atoms with van der Waals surface area (Å²) in [6.45, 7) is 0.477. The van der Waals surface area contributed by atoms with Crippen molar-refractivity contribution in [2.75, 3.05) is 0 Å². The van der Waals surface area contributed by atoms with Crippen molar-refractivity contribution in [1.82, 2.24) is 9.80 Å². The Hall–Kier alpha value is -4.52. The molecule has 0 spiro atoms. The first kappa shape index (κ1) is 30.9. The van der Waals surface area contributed by atoms with Gasteiger partial charge in [-0.05, 0) is 46.2 Å². The standard InChI is InChI=1S/C36H38N4O4/c37-25-38-36-39(21-28-11-15-30(23-41)16-12-28)32(19-26-7-3-1-4-8-26)34(43)35(44)33(20-27-9-5-2-6-10-27)40(36)22-29-13-17-31(24-42)18-14-29/h1-18,32-35,41-44H,19-24H2. The summed E-state index contributed by atoms with van der Waals surface area (Å²) in [5.41, 5.74) is 5.33. The molecule has 0 aromatic heterocycles. The number of benzene rings is 4. The topological polar surface area (TPSA) is 124 Å². The van der Waals surface area contributed by atoms with Crippen LogP contribution >= 0.6 is 0 Å². The number of aliphatic imine (C=N–C) groups is 1. The Balaban J connectivity index is 1.64. The zero-order valence-corrected chi connectivity index (χ0v) is 24.5. The van der Waals surface area contributed by atoms with E-state index >= 15 is 0 Å². The van der Waals surface area contributed by atoms with E-state index in [9.17, 15) is 25.7 Å². The van der Waals surface area contributed by atoms with Crippen molar-refractivity contribution in [2.45, 2.75) is 63.4 Å². The van der Waals surface area contributed by atoms with Crippen LogP contribution in [0.2, 0.25) is 0 Å². The lowest BCUT2D eigenvalue weighted by Gasteiger charge is -2.38. The Labute approximate surface area is 258 Å². The second kappa shape index (κ2) is 14.8. The Morgan fingerprint density at radius 1 is 0.545 bits per heavy atom. The molecule has 4 atom stereocenters. The lowest BCUT2D eigenvalue weighted by Crippen LogP contribution is -2.51. The predicted molar refractivity (Wildman–Crippen MR) is 169 cm³/mol. The van der Waals surface area contributed by atoms with Crippen LogP contribution in [-0.4, -0.2) is 60.5 Å². The van der Waals surface area contributed by atoms with Crippen molar-refractivity contribution in [3.05, 3.63) is 143 Å². The molecule has 0 aliphatic carbocycles. The molecule has 4 aromatic rings. The average Bonchev–Trinajstić information content (AvgIpc) is 3.13. The molecule has 8 nitrogen and oxygen atoms in total. The van der Waals surface area contributed by atoms with Crippen molar-refractivity contribution in [3.8, 4) is 6.19 Å². The fourth-order valence-corrected chi connectivity index (χ4v) is 5.90. The minimum atomic E-state index is -1.17. The van der Waals surface area contributed by atoms with Gasteiger partial charge in [0.2, 0.25) is 12.2 Å². The maximum Gasteiger partial charge on any atom is 0.213 e. The van der Waals surface area contributed by atoms with Gasteiger partial charge in [-0.15, -0.1) is 4.99 Å². The molecular formula is C36H38N4O4. The van der Waals surface area contributed by atoms with Crippen molar-refractivity contribution in [3.63, 3.8) is 0 Å².